The zero-order valence-electron chi connectivity index (χ0n) is 8.27. The second kappa shape index (κ2) is 3.12. The highest BCUT2D eigenvalue weighted by molar-refractivity contribution is 5.25. The van der Waals surface area contributed by atoms with Crippen LogP contribution in [0, 0.1) is 0 Å². The van der Waals surface area contributed by atoms with Gasteiger partial charge in [0.2, 0.25) is 0 Å². The van der Waals surface area contributed by atoms with Gasteiger partial charge < -0.3 is 4.90 Å². The topological polar surface area (TPSA) is 3.01 Å². The molecule has 0 spiro atoms. The minimum atomic E-state index is 0.906. The Hall–Kier alpha value is -0.460. The zero-order chi connectivity index (χ0) is 8.55. The van der Waals surface area contributed by atoms with Crippen molar-refractivity contribution in [3.05, 3.63) is 11.3 Å². The van der Waals surface area contributed by atoms with E-state index in [0.717, 1.165) is 6.04 Å². The predicted octanol–water partition coefficient (Wildman–Crippen LogP) is 2.93. The molecular formula is C11H19N. The number of allylic oxidation sites excluding steroid dienone is 1. The second-order valence-corrected chi connectivity index (χ2v) is 4.37. The van der Waals surface area contributed by atoms with Gasteiger partial charge in [-0.2, -0.15) is 0 Å². The highest BCUT2D eigenvalue weighted by Crippen LogP contribution is 2.35. The predicted molar refractivity (Wildman–Crippen MR) is 52.0 cm³/mol. The van der Waals surface area contributed by atoms with E-state index in [0.29, 0.717) is 0 Å². The van der Waals surface area contributed by atoms with Crippen molar-refractivity contribution in [1.82, 2.24) is 4.90 Å². The van der Waals surface area contributed by atoms with E-state index in [1.165, 1.54) is 44.2 Å². The Kier molecular flexibility index (Phi) is 2.12. The van der Waals surface area contributed by atoms with Crippen LogP contribution < -0.4 is 0 Å². The lowest BCUT2D eigenvalue weighted by Crippen LogP contribution is -2.21. The molecule has 0 bridgehead atoms. The number of hydrogen-bond donors (Lipinski definition) is 0. The average molecular weight is 165 g/mol. The van der Waals surface area contributed by atoms with Crippen molar-refractivity contribution in [2.75, 3.05) is 6.54 Å². The van der Waals surface area contributed by atoms with Crippen LogP contribution >= 0.6 is 0 Å². The van der Waals surface area contributed by atoms with Crippen LogP contribution in [-0.2, 0) is 0 Å². The van der Waals surface area contributed by atoms with Crippen LogP contribution in [0.3, 0.4) is 0 Å². The van der Waals surface area contributed by atoms with E-state index in [2.05, 4.69) is 18.7 Å². The summed E-state index contributed by atoms with van der Waals surface area (Å²) in [7, 11) is 0. The molecule has 0 aromatic rings. The molecular weight excluding hydrogens is 146 g/mol. The Bertz CT molecular complexity index is 195. The van der Waals surface area contributed by atoms with Crippen molar-refractivity contribution in [3.8, 4) is 0 Å². The maximum atomic E-state index is 2.61. The number of rotatable bonds is 1. The molecule has 1 heterocycles. The van der Waals surface area contributed by atoms with Gasteiger partial charge in [-0.05, 0) is 26.7 Å². The fraction of sp³-hybridized carbons (Fsp3) is 0.818. The largest absolute Gasteiger partial charge is 0.365 e. The molecule has 12 heavy (non-hydrogen) atoms. The standard InChI is InChI=1S/C11H19N/c1-9(2)11-8-12(11)10-6-4-3-5-7-10/h10H,3-8H2,1-2H3. The zero-order valence-corrected chi connectivity index (χ0v) is 8.27. The summed E-state index contributed by atoms with van der Waals surface area (Å²) in [4.78, 5) is 2.61. The quantitative estimate of drug-likeness (QED) is 0.540. The monoisotopic (exact) mass is 165 g/mol. The van der Waals surface area contributed by atoms with Gasteiger partial charge in [0.25, 0.3) is 0 Å². The highest BCUT2D eigenvalue weighted by Gasteiger charge is 2.33. The first-order valence-corrected chi connectivity index (χ1v) is 5.22. The number of nitrogens with zero attached hydrogens (tertiary/aromatic N) is 1. The molecule has 1 saturated heterocycles. The summed E-state index contributed by atoms with van der Waals surface area (Å²) >= 11 is 0. The Balaban J connectivity index is 1.91. The Morgan fingerprint density at radius 1 is 1.17 bits per heavy atom. The van der Waals surface area contributed by atoms with Crippen molar-refractivity contribution in [3.63, 3.8) is 0 Å². The fourth-order valence-electron chi connectivity index (χ4n) is 2.31. The fourth-order valence-corrected chi connectivity index (χ4v) is 2.31. The van der Waals surface area contributed by atoms with Crippen LogP contribution in [-0.4, -0.2) is 17.5 Å². The molecule has 0 N–H and O–H groups in total. The van der Waals surface area contributed by atoms with Gasteiger partial charge >= 0.3 is 0 Å². The Morgan fingerprint density at radius 2 is 1.83 bits per heavy atom. The van der Waals surface area contributed by atoms with Crippen molar-refractivity contribution >= 4 is 0 Å². The third kappa shape index (κ3) is 1.50. The van der Waals surface area contributed by atoms with Crippen LogP contribution in [0.25, 0.3) is 0 Å². The summed E-state index contributed by atoms with van der Waals surface area (Å²) < 4.78 is 0. The lowest BCUT2D eigenvalue weighted by molar-refractivity contribution is 0.308. The first-order chi connectivity index (χ1) is 5.79. The molecule has 68 valence electrons. The van der Waals surface area contributed by atoms with E-state index < -0.39 is 0 Å². The van der Waals surface area contributed by atoms with Gasteiger partial charge in [-0.25, -0.2) is 0 Å². The molecule has 0 radical (unpaired) electrons. The minimum absolute atomic E-state index is 0.906. The van der Waals surface area contributed by atoms with Crippen LogP contribution in [0.15, 0.2) is 11.3 Å². The van der Waals surface area contributed by atoms with Gasteiger partial charge in [-0.15, -0.1) is 0 Å². The maximum absolute atomic E-state index is 2.61. The lowest BCUT2D eigenvalue weighted by atomic mass is 9.95. The molecule has 2 aliphatic rings. The van der Waals surface area contributed by atoms with E-state index in [1.54, 1.807) is 5.70 Å². The number of hydrogen-bond acceptors (Lipinski definition) is 1. The maximum Gasteiger partial charge on any atom is 0.0578 e. The van der Waals surface area contributed by atoms with Crippen molar-refractivity contribution in [2.24, 2.45) is 0 Å². The van der Waals surface area contributed by atoms with Crippen LogP contribution in [0.2, 0.25) is 0 Å². The molecule has 1 nitrogen and oxygen atoms in total. The second-order valence-electron chi connectivity index (χ2n) is 4.37. The molecule has 1 aliphatic carbocycles. The van der Waals surface area contributed by atoms with Gasteiger partial charge in [0.1, 0.15) is 0 Å². The molecule has 0 atom stereocenters. The smallest absolute Gasteiger partial charge is 0.0578 e. The van der Waals surface area contributed by atoms with E-state index in [4.69, 9.17) is 0 Å². The Morgan fingerprint density at radius 3 is 2.33 bits per heavy atom. The Labute approximate surface area is 75.4 Å². The van der Waals surface area contributed by atoms with Crippen molar-refractivity contribution in [2.45, 2.75) is 52.0 Å². The van der Waals surface area contributed by atoms with Crippen LogP contribution in [0.4, 0.5) is 0 Å². The first kappa shape index (κ1) is 8.15. The molecule has 1 heteroatoms. The van der Waals surface area contributed by atoms with Crippen LogP contribution in [0.5, 0.6) is 0 Å². The summed E-state index contributed by atoms with van der Waals surface area (Å²) in [5.74, 6) is 0. The van der Waals surface area contributed by atoms with Crippen LogP contribution in [0.1, 0.15) is 46.0 Å². The van der Waals surface area contributed by atoms with E-state index >= 15 is 0 Å². The van der Waals surface area contributed by atoms with Crippen molar-refractivity contribution in [1.29, 1.82) is 0 Å². The third-order valence-corrected chi connectivity index (χ3v) is 3.16. The summed E-state index contributed by atoms with van der Waals surface area (Å²) in [5, 5.41) is 0. The molecule has 0 amide bonds. The average Bonchev–Trinajstić information content (AvgIpc) is 2.84. The molecule has 0 aromatic carbocycles. The normalized spacial score (nSPS) is 24.5. The third-order valence-electron chi connectivity index (χ3n) is 3.16. The summed E-state index contributed by atoms with van der Waals surface area (Å²) in [5.41, 5.74) is 3.16. The van der Waals surface area contributed by atoms with Gasteiger partial charge in [0.05, 0.1) is 6.54 Å². The summed E-state index contributed by atoms with van der Waals surface area (Å²) in [6, 6.07) is 0.906. The molecule has 2 fully saturated rings. The van der Waals surface area contributed by atoms with Gasteiger partial charge in [-0.1, -0.05) is 24.8 Å². The molecule has 2 rings (SSSR count). The molecule has 1 aliphatic heterocycles. The van der Waals surface area contributed by atoms with Gasteiger partial charge in [0.15, 0.2) is 0 Å². The SMILES string of the molecule is CC(C)=C1CN1C1CCCCC1. The first-order valence-electron chi connectivity index (χ1n) is 5.22. The van der Waals surface area contributed by atoms with Crippen molar-refractivity contribution < 1.29 is 0 Å². The molecule has 0 unspecified atom stereocenters. The highest BCUT2D eigenvalue weighted by atomic mass is 15.3. The van der Waals surface area contributed by atoms with E-state index in [1.807, 2.05) is 0 Å². The van der Waals surface area contributed by atoms with E-state index in [-0.39, 0.29) is 0 Å². The summed E-state index contributed by atoms with van der Waals surface area (Å²) in [6.45, 7) is 5.74. The van der Waals surface area contributed by atoms with Gasteiger partial charge in [-0.3, -0.25) is 0 Å². The molecule has 0 aromatic heterocycles. The van der Waals surface area contributed by atoms with Gasteiger partial charge in [0, 0.05) is 11.7 Å². The summed E-state index contributed by atoms with van der Waals surface area (Å²) in [6.07, 6.45) is 7.26. The lowest BCUT2D eigenvalue weighted by Gasteiger charge is -2.23. The molecule has 1 saturated carbocycles. The minimum Gasteiger partial charge on any atom is -0.365 e. The van der Waals surface area contributed by atoms with E-state index in [9.17, 15) is 0 Å².